The first kappa shape index (κ1) is 38.2. The number of phosphoric acid groups is 3. The first-order valence-corrected chi connectivity index (χ1v) is 18.8. The molecule has 2 rings (SSSR count). The van der Waals surface area contributed by atoms with Crippen LogP contribution in [0.3, 0.4) is 0 Å². The summed E-state index contributed by atoms with van der Waals surface area (Å²) in [6.45, 7) is -9.27. The minimum atomic E-state index is -4.95. The number of hydrogen-bond acceptors (Lipinski definition) is 21. The summed E-state index contributed by atoms with van der Waals surface area (Å²) in [6, 6.07) is 0. The molecule has 0 radical (unpaired) electrons. The number of hydrogen-bond donors (Lipinski definition) is 9. The second kappa shape index (κ2) is 16.0. The molecule has 21 nitrogen and oxygen atoms in total. The van der Waals surface area contributed by atoms with Gasteiger partial charge in [0.2, 0.25) is 0 Å². The van der Waals surface area contributed by atoms with E-state index in [0.717, 1.165) is 0 Å². The summed E-state index contributed by atoms with van der Waals surface area (Å²) >= 11 is -7.30. The molecule has 0 atom stereocenters. The van der Waals surface area contributed by atoms with Crippen LogP contribution in [0.5, 0.6) is 0 Å². The molecule has 0 bridgehead atoms. The molecule has 9 N–H and O–H groups in total. The van der Waals surface area contributed by atoms with Crippen LogP contribution in [0.4, 0.5) is 0 Å². The maximum Gasteiger partial charge on any atom is 0.931 e. The van der Waals surface area contributed by atoms with E-state index in [2.05, 4.69) is 0 Å². The summed E-state index contributed by atoms with van der Waals surface area (Å²) in [5.74, 6) is 0. The van der Waals surface area contributed by atoms with Crippen molar-refractivity contribution in [1.82, 2.24) is 0 Å². The monoisotopic (exact) mass is 696 g/mol. The minimum Gasteiger partial charge on any atom is -0.396 e. The van der Waals surface area contributed by atoms with Crippen molar-refractivity contribution >= 4 is 53.8 Å². The molecule has 0 aromatic heterocycles. The van der Waals surface area contributed by atoms with E-state index in [1.165, 1.54) is 0 Å². The second-order valence-corrected chi connectivity index (χ2v) is 19.0. The zero-order valence-electron chi connectivity index (χ0n) is 21.4. The van der Waals surface area contributed by atoms with Gasteiger partial charge < -0.3 is 67.4 Å². The van der Waals surface area contributed by atoms with E-state index < -0.39 is 149 Å². The van der Waals surface area contributed by atoms with Gasteiger partial charge in [-0.15, -0.1) is 0 Å². The lowest BCUT2D eigenvalue weighted by Crippen LogP contribution is -2.43. The van der Waals surface area contributed by atoms with Gasteiger partial charge >= 0.3 is 53.8 Å². The Morgan fingerprint density at radius 1 is 0.537 bits per heavy atom. The van der Waals surface area contributed by atoms with E-state index in [0.29, 0.717) is 0 Å². The summed E-state index contributed by atoms with van der Waals surface area (Å²) in [5, 5.41) is 84.4. The fourth-order valence-corrected chi connectivity index (χ4v) is 13.0. The highest BCUT2D eigenvalue weighted by molar-refractivity contribution is 7.57. The average molecular weight is 696 g/mol. The van der Waals surface area contributed by atoms with Crippen LogP contribution >= 0.6 is 23.5 Å². The van der Waals surface area contributed by atoms with Crippen LogP contribution in [0.25, 0.3) is 0 Å². The molecule has 0 amide bonds. The summed E-state index contributed by atoms with van der Waals surface area (Å²) < 4.78 is 82.9. The molecule has 2 saturated heterocycles. The van der Waals surface area contributed by atoms with Crippen molar-refractivity contribution in [3.05, 3.63) is 0 Å². The standard InChI is InChI=1S/3C5H13O7P.2Al/c3*6-1-5(2-7,3-8)4-12-13(9,10)11;;/h3*6-8H,1-4H2,(H2,9,10,11);;/q;;;2*+3/p-6. The Kier molecular flexibility index (Phi) is 15.0. The van der Waals surface area contributed by atoms with Gasteiger partial charge in [0.1, 0.15) is 0 Å². The minimum absolute atomic E-state index is 0.679. The largest absolute Gasteiger partial charge is 0.931 e. The predicted octanol–water partition coefficient (Wildman–Crippen LogP) is -3.65. The Hall–Kier alpha value is 1.03. The molecule has 0 unspecified atom stereocenters. The van der Waals surface area contributed by atoms with E-state index in [4.69, 9.17) is 35.0 Å². The second-order valence-electron chi connectivity index (χ2n) is 9.29. The fraction of sp³-hybridized carbons (Fsp3) is 1.00. The zero-order chi connectivity index (χ0) is 31.0. The Bertz CT molecular complexity index is 856. The Morgan fingerprint density at radius 3 is 1.07 bits per heavy atom. The molecule has 41 heavy (non-hydrogen) atoms. The number of rotatable bonds is 22. The summed E-state index contributed by atoms with van der Waals surface area (Å²) in [5.41, 5.74) is -4.92. The third-order valence-electron chi connectivity index (χ3n) is 5.90. The van der Waals surface area contributed by atoms with Crippen LogP contribution in [0.2, 0.25) is 0 Å². The van der Waals surface area contributed by atoms with E-state index in [9.17, 15) is 59.7 Å². The predicted molar refractivity (Wildman–Crippen MR) is 130 cm³/mol. The SMILES string of the molecule is O=P1(OCC(CO)(CO)CO)[O][Al]([O]P(=O)(OCC(CO)(CO)CO)[O][Al]2[O]P(=O)(OCC(CO)(CO)CO)[O]2)[O]1. The first-order valence-electron chi connectivity index (χ1n) is 11.6. The summed E-state index contributed by atoms with van der Waals surface area (Å²) in [7, 11) is -13.6. The Morgan fingerprint density at radius 2 is 0.805 bits per heavy atom. The van der Waals surface area contributed by atoms with Crippen LogP contribution < -0.4 is 0 Å². The van der Waals surface area contributed by atoms with Gasteiger partial charge in [0, 0.05) is 0 Å². The molecule has 0 saturated carbocycles. The molecule has 240 valence electrons. The normalized spacial score (nSPS) is 19.2. The summed E-state index contributed by atoms with van der Waals surface area (Å²) in [4.78, 5) is 0. The fourth-order valence-electron chi connectivity index (χ4n) is 2.44. The van der Waals surface area contributed by atoms with Crippen molar-refractivity contribution in [1.29, 1.82) is 0 Å². The lowest BCUT2D eigenvalue weighted by Gasteiger charge is -2.37. The molecule has 0 aromatic rings. The summed E-state index contributed by atoms with van der Waals surface area (Å²) in [6.07, 6.45) is 0. The van der Waals surface area contributed by atoms with Crippen LogP contribution in [0.1, 0.15) is 0 Å². The van der Waals surface area contributed by atoms with Crippen LogP contribution in [-0.4, -0.2) is 156 Å². The maximum atomic E-state index is 13.3. The molecule has 2 heterocycles. The lowest BCUT2D eigenvalue weighted by molar-refractivity contribution is -0.0396. The third kappa shape index (κ3) is 10.0. The van der Waals surface area contributed by atoms with Crippen molar-refractivity contribution < 1.29 is 94.7 Å². The Labute approximate surface area is 243 Å². The van der Waals surface area contributed by atoms with Crippen LogP contribution in [-0.2, 0) is 48.7 Å². The molecule has 0 aromatic carbocycles. The smallest absolute Gasteiger partial charge is 0.396 e. The Balaban J connectivity index is 2.04. The lowest BCUT2D eigenvalue weighted by atomic mass is 9.93. The number of aliphatic hydroxyl groups excluding tert-OH is 9. The third-order valence-corrected chi connectivity index (χ3v) is 17.6. The first-order chi connectivity index (χ1) is 19.2. The highest BCUT2D eigenvalue weighted by atomic mass is 31.2. The highest BCUT2D eigenvalue weighted by Crippen LogP contribution is 2.66. The quantitative estimate of drug-likeness (QED) is 0.0389. The van der Waals surface area contributed by atoms with Gasteiger partial charge in [-0.3, -0.25) is 13.6 Å². The molecule has 2 fully saturated rings. The van der Waals surface area contributed by atoms with Gasteiger partial charge in [-0.1, -0.05) is 0 Å². The van der Waals surface area contributed by atoms with Crippen LogP contribution in [0.15, 0.2) is 0 Å². The average Bonchev–Trinajstić information content (AvgIpc) is 2.94. The molecular weight excluding hydrogens is 663 g/mol. The van der Waals surface area contributed by atoms with Gasteiger partial charge in [-0.25, -0.2) is 13.7 Å². The van der Waals surface area contributed by atoms with E-state index in [-0.39, 0.29) is 0 Å². The van der Waals surface area contributed by atoms with Gasteiger partial charge in [0.15, 0.2) is 0 Å². The van der Waals surface area contributed by atoms with Gasteiger partial charge in [0.05, 0.1) is 95.5 Å². The van der Waals surface area contributed by atoms with Crippen molar-refractivity contribution in [2.45, 2.75) is 0 Å². The van der Waals surface area contributed by atoms with Gasteiger partial charge in [0.25, 0.3) is 0 Å². The van der Waals surface area contributed by atoms with E-state index in [1.807, 2.05) is 0 Å². The van der Waals surface area contributed by atoms with Crippen LogP contribution in [0, 0.1) is 16.2 Å². The van der Waals surface area contributed by atoms with Gasteiger partial charge in [-0.2, -0.15) is 0 Å². The van der Waals surface area contributed by atoms with E-state index >= 15 is 0 Å². The number of aliphatic hydroxyl groups is 9. The van der Waals surface area contributed by atoms with Crippen molar-refractivity contribution in [2.75, 3.05) is 79.3 Å². The molecule has 2 aliphatic heterocycles. The van der Waals surface area contributed by atoms with Crippen molar-refractivity contribution in [2.24, 2.45) is 16.2 Å². The molecule has 0 aliphatic carbocycles. The molecular formula is C15H33Al2O21P3. The maximum absolute atomic E-state index is 13.3. The van der Waals surface area contributed by atoms with E-state index in [1.54, 1.807) is 0 Å². The van der Waals surface area contributed by atoms with Gasteiger partial charge in [-0.05, 0) is 0 Å². The highest BCUT2D eigenvalue weighted by Gasteiger charge is 2.65. The zero-order valence-corrected chi connectivity index (χ0v) is 26.4. The molecule has 0 spiro atoms. The molecule has 2 aliphatic rings. The van der Waals surface area contributed by atoms with Crippen molar-refractivity contribution in [3.8, 4) is 0 Å². The van der Waals surface area contributed by atoms with Crippen molar-refractivity contribution in [3.63, 3.8) is 0 Å². The molecule has 26 heteroatoms. The topological polar surface area (TPSA) is 316 Å².